The van der Waals surface area contributed by atoms with E-state index in [0.29, 0.717) is 27.2 Å². The maximum atomic E-state index is 10.6. The molecule has 0 aliphatic carbocycles. The number of carbonyl (C=O) groups is 1. The molecule has 0 fully saturated rings. The smallest absolute Gasteiger partial charge is 0.322 e. The summed E-state index contributed by atoms with van der Waals surface area (Å²) in [6, 6.07) is 5.13. The Kier molecular flexibility index (Phi) is 4.88. The molecule has 7 heteroatoms. The monoisotopic (exact) mass is 326 g/mol. The van der Waals surface area contributed by atoms with E-state index < -0.39 is 5.97 Å². The predicted molar refractivity (Wildman–Crippen MR) is 82.8 cm³/mol. The van der Waals surface area contributed by atoms with Gasteiger partial charge in [-0.1, -0.05) is 34.4 Å². The molecule has 2 N–H and O–H groups in total. The van der Waals surface area contributed by atoms with Gasteiger partial charge in [-0.15, -0.1) is 0 Å². The Balaban J connectivity index is 2.22. The Morgan fingerprint density at radius 1 is 1.43 bits per heavy atom. The van der Waals surface area contributed by atoms with E-state index in [4.69, 9.17) is 32.8 Å². The molecule has 110 valence electrons. The molecule has 0 unspecified atom stereocenters. The zero-order chi connectivity index (χ0) is 15.4. The lowest BCUT2D eigenvalue weighted by atomic mass is 10.2. The molecule has 21 heavy (non-hydrogen) atoms. The molecule has 0 radical (unpaired) electrons. The third kappa shape index (κ3) is 4.00. The minimum atomic E-state index is -0.966. The summed E-state index contributed by atoms with van der Waals surface area (Å²) in [6.45, 7) is 1.50. The van der Waals surface area contributed by atoms with Crippen LogP contribution in [0.3, 0.4) is 0 Å². The normalized spacial score (nSPS) is 11.0. The lowest BCUT2D eigenvalue weighted by molar-refractivity contribution is -0.134. The van der Waals surface area contributed by atoms with Gasteiger partial charge in [0.1, 0.15) is 17.9 Å². The van der Waals surface area contributed by atoms with Gasteiger partial charge in [-0.05, 0) is 36.8 Å². The highest BCUT2D eigenvalue weighted by molar-refractivity contribution is 6.35. The summed E-state index contributed by atoms with van der Waals surface area (Å²) in [7, 11) is 0. The molecule has 0 saturated heterocycles. The number of hydrogen-bond acceptors (Lipinski definition) is 4. The minimum absolute atomic E-state index is 0.218. The summed E-state index contributed by atoms with van der Waals surface area (Å²) in [5.41, 5.74) is 1.89. The number of aliphatic carboxylic acids is 1. The molecule has 2 aromatic rings. The first-order valence-corrected chi connectivity index (χ1v) is 6.78. The fourth-order valence-electron chi connectivity index (χ4n) is 1.68. The maximum absolute atomic E-state index is 10.6. The zero-order valence-corrected chi connectivity index (χ0v) is 12.6. The van der Waals surface area contributed by atoms with Gasteiger partial charge in [0.15, 0.2) is 5.76 Å². The fraction of sp³-hybridized carbons (Fsp3) is 0.143. The van der Waals surface area contributed by atoms with E-state index in [1.807, 2.05) is 0 Å². The van der Waals surface area contributed by atoms with Crippen LogP contribution >= 0.6 is 23.2 Å². The molecule has 1 heterocycles. The van der Waals surface area contributed by atoms with Crippen LogP contribution in [0.15, 0.2) is 22.7 Å². The number of aryl methyl sites for hydroxylation is 1. The number of halogens is 2. The van der Waals surface area contributed by atoms with Crippen LogP contribution in [-0.2, 0) is 4.79 Å². The summed E-state index contributed by atoms with van der Waals surface area (Å²) in [6.07, 6.45) is 3.41. The van der Waals surface area contributed by atoms with Crippen molar-refractivity contribution in [3.63, 3.8) is 0 Å². The molecule has 2 rings (SSSR count). The molecule has 0 saturated carbocycles. The van der Waals surface area contributed by atoms with Crippen LogP contribution in [0.25, 0.3) is 12.2 Å². The van der Waals surface area contributed by atoms with E-state index in [1.165, 1.54) is 0 Å². The minimum Gasteiger partial charge on any atom is -0.480 e. The molecule has 0 aliphatic rings. The van der Waals surface area contributed by atoms with E-state index in [0.717, 1.165) is 5.56 Å². The summed E-state index contributed by atoms with van der Waals surface area (Å²) in [4.78, 5) is 10.6. The lowest BCUT2D eigenvalue weighted by Crippen LogP contribution is -2.13. The van der Waals surface area contributed by atoms with Crippen molar-refractivity contribution < 1.29 is 14.4 Å². The van der Waals surface area contributed by atoms with Crippen LogP contribution in [0.5, 0.6) is 0 Å². The summed E-state index contributed by atoms with van der Waals surface area (Å²) < 4.78 is 5.15. The molecular formula is C14H12Cl2N2O3. The van der Waals surface area contributed by atoms with Crippen LogP contribution in [-0.4, -0.2) is 22.8 Å². The van der Waals surface area contributed by atoms with Crippen molar-refractivity contribution in [3.05, 3.63) is 45.3 Å². The highest BCUT2D eigenvalue weighted by Crippen LogP contribution is 2.25. The number of nitrogens with zero attached hydrogens (tertiary/aromatic N) is 1. The zero-order valence-electron chi connectivity index (χ0n) is 11.1. The fourth-order valence-corrected chi connectivity index (χ4v) is 2.15. The Bertz CT molecular complexity index is 696. The first kappa shape index (κ1) is 15.4. The number of anilines is 1. The molecular weight excluding hydrogens is 315 g/mol. The van der Waals surface area contributed by atoms with Gasteiger partial charge in [0, 0.05) is 10.0 Å². The predicted octanol–water partition coefficient (Wildman–Crippen LogP) is 3.96. The highest BCUT2D eigenvalue weighted by atomic mass is 35.5. The van der Waals surface area contributed by atoms with Crippen molar-refractivity contribution in [2.45, 2.75) is 6.92 Å². The van der Waals surface area contributed by atoms with E-state index in [9.17, 15) is 4.79 Å². The van der Waals surface area contributed by atoms with Gasteiger partial charge in [-0.25, -0.2) is 0 Å². The Labute approximate surface area is 131 Å². The lowest BCUT2D eigenvalue weighted by Gasteiger charge is -2.01. The number of hydrogen-bond donors (Lipinski definition) is 2. The Morgan fingerprint density at radius 2 is 2.19 bits per heavy atom. The molecule has 1 aromatic carbocycles. The standard InChI is InChI=1S/C14H12Cl2N2O3/c1-8-14(17-7-13(19)20)12(21-18-8)5-3-9-2-4-10(15)6-11(9)16/h2-6,17H,7H2,1H3,(H,19,20)/b5-3+. The SMILES string of the molecule is Cc1noc(/C=C/c2ccc(Cl)cc2Cl)c1NCC(=O)O. The summed E-state index contributed by atoms with van der Waals surface area (Å²) in [5, 5.41) is 16.3. The quantitative estimate of drug-likeness (QED) is 0.869. The van der Waals surface area contributed by atoms with Crippen LogP contribution in [0.2, 0.25) is 10.0 Å². The average Bonchev–Trinajstić information content (AvgIpc) is 2.76. The summed E-state index contributed by atoms with van der Waals surface area (Å²) >= 11 is 11.9. The Hall–Kier alpha value is -1.98. The number of aromatic nitrogens is 1. The van der Waals surface area contributed by atoms with Crippen LogP contribution in [0.1, 0.15) is 17.0 Å². The van der Waals surface area contributed by atoms with Crippen molar-refractivity contribution in [1.29, 1.82) is 0 Å². The van der Waals surface area contributed by atoms with E-state index in [-0.39, 0.29) is 6.54 Å². The van der Waals surface area contributed by atoms with Gasteiger partial charge in [0.25, 0.3) is 0 Å². The molecule has 5 nitrogen and oxygen atoms in total. The largest absolute Gasteiger partial charge is 0.480 e. The second-order valence-electron chi connectivity index (χ2n) is 4.25. The molecule has 0 spiro atoms. The van der Waals surface area contributed by atoms with Crippen molar-refractivity contribution in [1.82, 2.24) is 5.16 Å². The molecule has 1 aromatic heterocycles. The van der Waals surface area contributed by atoms with Crippen molar-refractivity contribution in [2.75, 3.05) is 11.9 Å². The van der Waals surface area contributed by atoms with Crippen molar-refractivity contribution in [3.8, 4) is 0 Å². The second kappa shape index (κ2) is 6.65. The molecule has 0 aliphatic heterocycles. The van der Waals surface area contributed by atoms with E-state index in [2.05, 4.69) is 10.5 Å². The number of benzene rings is 1. The average molecular weight is 327 g/mol. The van der Waals surface area contributed by atoms with Gasteiger partial charge in [0.05, 0.1) is 0 Å². The summed E-state index contributed by atoms with van der Waals surface area (Å²) in [5.74, 6) is -0.536. The molecule has 0 atom stereocenters. The topological polar surface area (TPSA) is 75.4 Å². The molecule has 0 bridgehead atoms. The van der Waals surface area contributed by atoms with Gasteiger partial charge in [0.2, 0.25) is 0 Å². The van der Waals surface area contributed by atoms with Crippen LogP contribution in [0, 0.1) is 6.92 Å². The van der Waals surface area contributed by atoms with E-state index in [1.54, 1.807) is 37.3 Å². The van der Waals surface area contributed by atoms with Crippen molar-refractivity contribution in [2.24, 2.45) is 0 Å². The third-order valence-electron chi connectivity index (χ3n) is 2.68. The number of rotatable bonds is 5. The van der Waals surface area contributed by atoms with Gasteiger partial charge in [-0.2, -0.15) is 0 Å². The second-order valence-corrected chi connectivity index (χ2v) is 5.10. The first-order valence-electron chi connectivity index (χ1n) is 6.02. The molecule has 0 amide bonds. The van der Waals surface area contributed by atoms with Crippen LogP contribution < -0.4 is 5.32 Å². The van der Waals surface area contributed by atoms with Gasteiger partial charge < -0.3 is 14.9 Å². The van der Waals surface area contributed by atoms with E-state index >= 15 is 0 Å². The highest BCUT2D eigenvalue weighted by Gasteiger charge is 2.11. The maximum Gasteiger partial charge on any atom is 0.322 e. The number of carboxylic acid groups (broad SMARTS) is 1. The number of nitrogens with one attached hydrogen (secondary N) is 1. The number of carboxylic acids is 1. The van der Waals surface area contributed by atoms with Crippen molar-refractivity contribution >= 4 is 47.0 Å². The van der Waals surface area contributed by atoms with Gasteiger partial charge in [-0.3, -0.25) is 4.79 Å². The van der Waals surface area contributed by atoms with Crippen LogP contribution in [0.4, 0.5) is 5.69 Å². The Morgan fingerprint density at radius 3 is 2.86 bits per heavy atom. The van der Waals surface area contributed by atoms with Gasteiger partial charge >= 0.3 is 5.97 Å². The third-order valence-corrected chi connectivity index (χ3v) is 3.24. The first-order chi connectivity index (χ1) is 9.97.